The SMILES string of the molecule is COc1nc(NCCCCC2CCCO2)ncc1F. The second-order valence-electron chi connectivity index (χ2n) is 4.61. The summed E-state index contributed by atoms with van der Waals surface area (Å²) in [5.74, 6) is -0.182. The molecule has 0 radical (unpaired) electrons. The Bertz CT molecular complexity index is 397. The van der Waals surface area contributed by atoms with Gasteiger partial charge in [0.2, 0.25) is 11.8 Å². The van der Waals surface area contributed by atoms with Crippen molar-refractivity contribution in [3.63, 3.8) is 0 Å². The fourth-order valence-corrected chi connectivity index (χ4v) is 2.15. The van der Waals surface area contributed by atoms with E-state index >= 15 is 0 Å². The van der Waals surface area contributed by atoms with E-state index in [0.29, 0.717) is 12.1 Å². The molecule has 1 aliphatic heterocycles. The molecule has 0 saturated carbocycles. The van der Waals surface area contributed by atoms with Crippen molar-refractivity contribution in [3.8, 4) is 5.88 Å². The van der Waals surface area contributed by atoms with Crippen LogP contribution in [0.15, 0.2) is 6.20 Å². The third kappa shape index (κ3) is 4.31. The summed E-state index contributed by atoms with van der Waals surface area (Å²) in [6, 6.07) is 0. The minimum atomic E-state index is -0.550. The standard InChI is InChI=1S/C13H20FN3O2/c1-18-12-11(14)9-16-13(17-12)15-7-3-2-5-10-6-4-8-19-10/h9-10H,2-8H2,1H3,(H,15,16,17). The highest BCUT2D eigenvalue weighted by molar-refractivity contribution is 5.28. The molecule has 1 saturated heterocycles. The van der Waals surface area contributed by atoms with E-state index in [1.807, 2.05) is 0 Å². The maximum Gasteiger partial charge on any atom is 0.255 e. The smallest absolute Gasteiger partial charge is 0.255 e. The zero-order valence-electron chi connectivity index (χ0n) is 11.2. The number of methoxy groups -OCH3 is 1. The molecule has 6 heteroatoms. The Kier molecular flexibility index (Phi) is 5.32. The van der Waals surface area contributed by atoms with Crippen LogP contribution < -0.4 is 10.1 Å². The number of rotatable bonds is 7. The Hall–Kier alpha value is -1.43. The first kappa shape index (κ1) is 14.0. The van der Waals surface area contributed by atoms with Crippen molar-refractivity contribution < 1.29 is 13.9 Å². The van der Waals surface area contributed by atoms with E-state index in [2.05, 4.69) is 15.3 Å². The van der Waals surface area contributed by atoms with Crippen LogP contribution in [0.5, 0.6) is 5.88 Å². The maximum atomic E-state index is 13.1. The highest BCUT2D eigenvalue weighted by Gasteiger charge is 2.14. The van der Waals surface area contributed by atoms with Crippen LogP contribution in [-0.2, 0) is 4.74 Å². The Labute approximate surface area is 112 Å². The molecule has 1 atom stereocenters. The molecular weight excluding hydrogens is 249 g/mol. The number of ether oxygens (including phenoxy) is 2. The van der Waals surface area contributed by atoms with E-state index in [1.54, 1.807) is 0 Å². The molecule has 1 aromatic rings. The number of halogens is 1. The summed E-state index contributed by atoms with van der Waals surface area (Å²) < 4.78 is 23.4. The predicted octanol–water partition coefficient (Wildman–Crippen LogP) is 2.39. The first-order chi connectivity index (χ1) is 9.29. The lowest BCUT2D eigenvalue weighted by atomic mass is 10.1. The van der Waals surface area contributed by atoms with E-state index < -0.39 is 5.82 Å². The van der Waals surface area contributed by atoms with E-state index in [9.17, 15) is 4.39 Å². The van der Waals surface area contributed by atoms with Gasteiger partial charge in [0.15, 0.2) is 0 Å². The lowest BCUT2D eigenvalue weighted by Crippen LogP contribution is -2.09. The predicted molar refractivity (Wildman–Crippen MR) is 69.9 cm³/mol. The molecule has 0 aromatic carbocycles. The van der Waals surface area contributed by atoms with Crippen molar-refractivity contribution in [3.05, 3.63) is 12.0 Å². The Morgan fingerprint density at radius 2 is 2.42 bits per heavy atom. The number of hydrogen-bond donors (Lipinski definition) is 1. The normalized spacial score (nSPS) is 18.5. The Morgan fingerprint density at radius 1 is 1.53 bits per heavy atom. The zero-order valence-corrected chi connectivity index (χ0v) is 11.2. The van der Waals surface area contributed by atoms with E-state index in [4.69, 9.17) is 9.47 Å². The molecular formula is C13H20FN3O2. The van der Waals surface area contributed by atoms with E-state index in [-0.39, 0.29) is 5.88 Å². The van der Waals surface area contributed by atoms with Crippen molar-refractivity contribution >= 4 is 5.95 Å². The average Bonchev–Trinajstić information content (AvgIpc) is 2.93. The first-order valence-corrected chi connectivity index (χ1v) is 6.71. The van der Waals surface area contributed by atoms with Crippen molar-refractivity contribution in [2.24, 2.45) is 0 Å². The lowest BCUT2D eigenvalue weighted by Gasteiger charge is -2.09. The van der Waals surface area contributed by atoms with Crippen molar-refractivity contribution in [1.29, 1.82) is 0 Å². The van der Waals surface area contributed by atoms with Gasteiger partial charge in [0.05, 0.1) is 19.4 Å². The highest BCUT2D eigenvalue weighted by Crippen LogP contribution is 2.18. The van der Waals surface area contributed by atoms with Crippen LogP contribution in [0.2, 0.25) is 0 Å². The summed E-state index contributed by atoms with van der Waals surface area (Å²) >= 11 is 0. The quantitative estimate of drug-likeness (QED) is 0.770. The van der Waals surface area contributed by atoms with Crippen molar-refractivity contribution in [1.82, 2.24) is 9.97 Å². The fraction of sp³-hybridized carbons (Fsp3) is 0.692. The monoisotopic (exact) mass is 269 g/mol. The molecule has 1 aliphatic rings. The van der Waals surface area contributed by atoms with Gasteiger partial charge in [-0.25, -0.2) is 4.98 Å². The summed E-state index contributed by atoms with van der Waals surface area (Å²) in [7, 11) is 1.39. The summed E-state index contributed by atoms with van der Waals surface area (Å²) in [4.78, 5) is 7.78. The molecule has 0 bridgehead atoms. The molecule has 2 rings (SSSR count). The molecule has 1 aromatic heterocycles. The molecule has 106 valence electrons. The minimum absolute atomic E-state index is 0.0307. The van der Waals surface area contributed by atoms with Gasteiger partial charge in [-0.2, -0.15) is 9.37 Å². The third-order valence-corrected chi connectivity index (χ3v) is 3.17. The summed E-state index contributed by atoms with van der Waals surface area (Å²) in [6.07, 6.45) is 7.16. The fourth-order valence-electron chi connectivity index (χ4n) is 2.15. The van der Waals surface area contributed by atoms with Gasteiger partial charge in [-0.15, -0.1) is 0 Å². The minimum Gasteiger partial charge on any atom is -0.479 e. The lowest BCUT2D eigenvalue weighted by molar-refractivity contribution is 0.102. The van der Waals surface area contributed by atoms with Crippen LogP contribution in [0.3, 0.4) is 0 Å². The van der Waals surface area contributed by atoms with Crippen molar-refractivity contribution in [2.45, 2.75) is 38.2 Å². The van der Waals surface area contributed by atoms with Crippen LogP contribution in [-0.4, -0.2) is 36.3 Å². The van der Waals surface area contributed by atoms with Gasteiger partial charge in [-0.1, -0.05) is 0 Å². The number of nitrogens with one attached hydrogen (secondary N) is 1. The number of aromatic nitrogens is 2. The summed E-state index contributed by atoms with van der Waals surface area (Å²) in [5.41, 5.74) is 0. The van der Waals surface area contributed by atoms with Gasteiger partial charge < -0.3 is 14.8 Å². The highest BCUT2D eigenvalue weighted by atomic mass is 19.1. The van der Waals surface area contributed by atoms with Crippen LogP contribution >= 0.6 is 0 Å². The molecule has 1 unspecified atom stereocenters. The van der Waals surface area contributed by atoms with Gasteiger partial charge in [0.25, 0.3) is 5.88 Å². The number of hydrogen-bond acceptors (Lipinski definition) is 5. The number of nitrogens with zero attached hydrogens (tertiary/aromatic N) is 2. The molecule has 1 N–H and O–H groups in total. The topological polar surface area (TPSA) is 56.3 Å². The second kappa shape index (κ2) is 7.23. The average molecular weight is 269 g/mol. The first-order valence-electron chi connectivity index (χ1n) is 6.71. The molecule has 0 spiro atoms. The summed E-state index contributed by atoms with van der Waals surface area (Å²) in [5, 5.41) is 3.06. The van der Waals surface area contributed by atoms with Gasteiger partial charge >= 0.3 is 0 Å². The zero-order chi connectivity index (χ0) is 13.5. The Balaban J connectivity index is 1.64. The number of unbranched alkanes of at least 4 members (excludes halogenated alkanes) is 1. The third-order valence-electron chi connectivity index (χ3n) is 3.17. The maximum absolute atomic E-state index is 13.1. The van der Waals surface area contributed by atoms with Crippen LogP contribution in [0.1, 0.15) is 32.1 Å². The van der Waals surface area contributed by atoms with Gasteiger partial charge in [0.1, 0.15) is 0 Å². The molecule has 19 heavy (non-hydrogen) atoms. The van der Waals surface area contributed by atoms with Gasteiger partial charge in [0, 0.05) is 13.2 Å². The molecule has 1 fully saturated rings. The van der Waals surface area contributed by atoms with Gasteiger partial charge in [-0.05, 0) is 32.1 Å². The molecule has 0 aliphatic carbocycles. The van der Waals surface area contributed by atoms with Crippen LogP contribution in [0.25, 0.3) is 0 Å². The van der Waals surface area contributed by atoms with Crippen LogP contribution in [0, 0.1) is 5.82 Å². The van der Waals surface area contributed by atoms with Gasteiger partial charge in [-0.3, -0.25) is 0 Å². The second-order valence-corrected chi connectivity index (χ2v) is 4.61. The number of anilines is 1. The summed E-state index contributed by atoms with van der Waals surface area (Å²) in [6.45, 7) is 1.67. The largest absolute Gasteiger partial charge is 0.479 e. The van der Waals surface area contributed by atoms with Crippen LogP contribution in [0.4, 0.5) is 10.3 Å². The molecule has 2 heterocycles. The van der Waals surface area contributed by atoms with E-state index in [1.165, 1.54) is 20.0 Å². The van der Waals surface area contributed by atoms with Crippen molar-refractivity contribution in [2.75, 3.05) is 25.6 Å². The Morgan fingerprint density at radius 3 is 3.16 bits per heavy atom. The van der Waals surface area contributed by atoms with E-state index in [0.717, 1.165) is 38.6 Å². The molecule has 5 nitrogen and oxygen atoms in total. The molecule has 0 amide bonds.